The van der Waals surface area contributed by atoms with E-state index in [9.17, 15) is 28.8 Å². The summed E-state index contributed by atoms with van der Waals surface area (Å²) < 4.78 is 0. The maximum Gasteiger partial charge on any atom is 0.307 e. The number of carboxylic acid groups (broad SMARTS) is 3. The predicted octanol–water partition coefficient (Wildman–Crippen LogP) is 7.78. The normalized spacial score (nSPS) is 14.0. The molecule has 6 unspecified atom stereocenters. The number of carbonyl (C=O) groups excluding carboxylic acids is 3. The number of carboxylic acids is 3. The van der Waals surface area contributed by atoms with Crippen molar-refractivity contribution in [2.24, 2.45) is 58.6 Å². The summed E-state index contributed by atoms with van der Waals surface area (Å²) in [5.74, 6) is -3.68. The van der Waals surface area contributed by atoms with Crippen LogP contribution in [-0.2, 0) is 28.8 Å². The molecule has 0 radical (unpaired) electrons. The number of hydrogen-bond acceptors (Lipinski definition) is 6. The van der Waals surface area contributed by atoms with Crippen LogP contribution in [0.4, 0.5) is 0 Å². The second kappa shape index (κ2) is 35.2. The van der Waals surface area contributed by atoms with Gasteiger partial charge in [-0.3, -0.25) is 28.8 Å². The van der Waals surface area contributed by atoms with Crippen LogP contribution in [0.3, 0.4) is 0 Å². The van der Waals surface area contributed by atoms with Gasteiger partial charge in [0.05, 0.1) is 18.8 Å². The van der Waals surface area contributed by atoms with Gasteiger partial charge in [0.2, 0.25) is 17.7 Å². The molecule has 0 saturated carbocycles. The molecule has 0 aliphatic heterocycles. The smallest absolute Gasteiger partial charge is 0.307 e. The van der Waals surface area contributed by atoms with Crippen LogP contribution in [-0.4, -0.2) is 50.9 Å². The molecule has 302 valence electrons. The summed E-state index contributed by atoms with van der Waals surface area (Å²) in [6.07, 6.45) is 16.3. The third-order valence-corrected chi connectivity index (χ3v) is 9.34. The maximum atomic E-state index is 10.8. The molecule has 0 rings (SSSR count). The zero-order valence-electron chi connectivity index (χ0n) is 33.6. The summed E-state index contributed by atoms with van der Waals surface area (Å²) in [6.45, 7) is 18.9. The summed E-state index contributed by atoms with van der Waals surface area (Å²) in [5.41, 5.74) is 15.7. The Hall–Kier alpha value is -3.18. The maximum absolute atomic E-state index is 10.8. The Labute approximate surface area is 309 Å². The van der Waals surface area contributed by atoms with Gasteiger partial charge < -0.3 is 32.5 Å². The van der Waals surface area contributed by atoms with Crippen LogP contribution in [0.1, 0.15) is 171 Å². The number of rotatable bonds is 26. The lowest BCUT2D eigenvalue weighted by Gasteiger charge is -2.17. The fourth-order valence-electron chi connectivity index (χ4n) is 5.46. The second-order valence-corrected chi connectivity index (χ2v) is 14.1. The highest BCUT2D eigenvalue weighted by atomic mass is 16.4. The molecule has 0 aromatic heterocycles. The number of hydrogen-bond donors (Lipinski definition) is 6. The Morgan fingerprint density at radius 3 is 0.843 bits per heavy atom. The highest BCUT2D eigenvalue weighted by Crippen LogP contribution is 2.23. The van der Waals surface area contributed by atoms with Crippen molar-refractivity contribution in [1.29, 1.82) is 0 Å². The van der Waals surface area contributed by atoms with Gasteiger partial charge in [0.1, 0.15) is 0 Å². The molecule has 0 heterocycles. The van der Waals surface area contributed by atoms with Crippen LogP contribution in [0.2, 0.25) is 0 Å². The number of amides is 3. The molecule has 12 nitrogen and oxygen atoms in total. The summed E-state index contributed by atoms with van der Waals surface area (Å²) in [4.78, 5) is 62.9. The third-order valence-electron chi connectivity index (χ3n) is 9.34. The number of nitrogens with two attached hydrogens (primary N) is 3. The minimum atomic E-state index is -1.40. The molecule has 0 bridgehead atoms. The first-order chi connectivity index (χ1) is 23.8. The van der Waals surface area contributed by atoms with Crippen molar-refractivity contribution in [2.45, 2.75) is 171 Å². The molecule has 9 N–H and O–H groups in total. The van der Waals surface area contributed by atoms with E-state index < -0.39 is 36.7 Å². The summed E-state index contributed by atoms with van der Waals surface area (Å²) in [7, 11) is 0. The predicted molar refractivity (Wildman–Crippen MR) is 204 cm³/mol. The lowest BCUT2D eigenvalue weighted by molar-refractivity contribution is -0.152. The average molecular weight is 732 g/mol. The van der Waals surface area contributed by atoms with Gasteiger partial charge in [0, 0.05) is 17.8 Å². The van der Waals surface area contributed by atoms with E-state index in [1.807, 2.05) is 20.8 Å². The van der Waals surface area contributed by atoms with Crippen LogP contribution in [0.15, 0.2) is 0 Å². The van der Waals surface area contributed by atoms with Crippen LogP contribution >= 0.6 is 0 Å². The van der Waals surface area contributed by atoms with E-state index >= 15 is 0 Å². The minimum absolute atomic E-state index is 0.0433. The number of aliphatic carboxylic acids is 3. The van der Waals surface area contributed by atoms with Crippen molar-refractivity contribution in [3.8, 4) is 0 Å². The molecule has 0 aromatic rings. The van der Waals surface area contributed by atoms with Crippen molar-refractivity contribution in [1.82, 2.24) is 0 Å². The SMILES string of the molecule is CCCCC(CC)CC(C)C(N)=O.CCCCC(CC)CC(C)C(N)=O.CCCCC(CC)CC(C)C(N)=O.O=C(O)CC(CC(=O)O)C(=O)O. The summed E-state index contributed by atoms with van der Waals surface area (Å²) in [5, 5.41) is 24.7. The van der Waals surface area contributed by atoms with Gasteiger partial charge in [-0.25, -0.2) is 0 Å². The first kappa shape index (κ1) is 54.6. The Bertz CT molecular complexity index is 848. The van der Waals surface area contributed by atoms with E-state index in [0.29, 0.717) is 17.8 Å². The lowest BCUT2D eigenvalue weighted by atomic mass is 9.89. The third kappa shape index (κ3) is 36.4. The van der Waals surface area contributed by atoms with Crippen LogP contribution in [0, 0.1) is 41.4 Å². The Kier molecular flexibility index (Phi) is 37.7. The highest BCUT2D eigenvalue weighted by molar-refractivity contribution is 5.82. The molecule has 3 amide bonds. The van der Waals surface area contributed by atoms with Gasteiger partial charge in [-0.05, 0) is 37.0 Å². The fraction of sp³-hybridized carbons (Fsp3) is 0.846. The Morgan fingerprint density at radius 2 is 0.706 bits per heavy atom. The first-order valence-electron chi connectivity index (χ1n) is 19.3. The van der Waals surface area contributed by atoms with Gasteiger partial charge in [0.15, 0.2) is 0 Å². The first-order valence-corrected chi connectivity index (χ1v) is 19.3. The minimum Gasteiger partial charge on any atom is -0.481 e. The van der Waals surface area contributed by atoms with E-state index in [1.165, 1.54) is 57.8 Å². The fourth-order valence-corrected chi connectivity index (χ4v) is 5.46. The van der Waals surface area contributed by atoms with Gasteiger partial charge in [-0.2, -0.15) is 0 Å². The summed E-state index contributed by atoms with van der Waals surface area (Å²) in [6, 6.07) is 0. The zero-order chi connectivity index (χ0) is 40.5. The van der Waals surface area contributed by atoms with Crippen LogP contribution in [0.25, 0.3) is 0 Å². The lowest BCUT2D eigenvalue weighted by Crippen LogP contribution is -2.22. The van der Waals surface area contributed by atoms with Gasteiger partial charge in [-0.15, -0.1) is 0 Å². The molecule has 6 atom stereocenters. The van der Waals surface area contributed by atoms with Gasteiger partial charge >= 0.3 is 17.9 Å². The molecular formula is C39H77N3O9. The van der Waals surface area contributed by atoms with E-state index in [0.717, 1.165) is 38.5 Å². The Balaban J connectivity index is -0.000000289. The zero-order valence-corrected chi connectivity index (χ0v) is 33.6. The second-order valence-electron chi connectivity index (χ2n) is 14.1. The molecule has 0 aromatic carbocycles. The van der Waals surface area contributed by atoms with Crippen molar-refractivity contribution in [2.75, 3.05) is 0 Å². The standard InChI is InChI=1S/3C11H23NO.C6H8O6/c3*1-4-6-7-10(5-2)8-9(3)11(12)13;7-4(8)1-3(6(11)12)2-5(9)10/h3*9-10H,4-8H2,1-3H3,(H2,12,13);3H,1-2H2,(H,7,8)(H,9,10)(H,11,12). The van der Waals surface area contributed by atoms with E-state index in [2.05, 4.69) is 41.5 Å². The van der Waals surface area contributed by atoms with Crippen molar-refractivity contribution < 1.29 is 44.1 Å². The topological polar surface area (TPSA) is 241 Å². The van der Waals surface area contributed by atoms with Crippen LogP contribution < -0.4 is 17.2 Å². The largest absolute Gasteiger partial charge is 0.481 e. The van der Waals surface area contributed by atoms with Crippen LogP contribution in [0.5, 0.6) is 0 Å². The highest BCUT2D eigenvalue weighted by Gasteiger charge is 2.23. The average Bonchev–Trinajstić information content (AvgIpc) is 3.06. The van der Waals surface area contributed by atoms with E-state index in [4.69, 9.17) is 32.5 Å². The van der Waals surface area contributed by atoms with Gasteiger partial charge in [-0.1, -0.05) is 139 Å². The molecule has 0 saturated heterocycles. The van der Waals surface area contributed by atoms with Crippen molar-refractivity contribution >= 4 is 35.6 Å². The van der Waals surface area contributed by atoms with E-state index in [1.54, 1.807) is 0 Å². The number of carbonyl (C=O) groups is 6. The van der Waals surface area contributed by atoms with Gasteiger partial charge in [0.25, 0.3) is 0 Å². The monoisotopic (exact) mass is 732 g/mol. The van der Waals surface area contributed by atoms with E-state index in [-0.39, 0.29) is 35.5 Å². The molecule has 0 aliphatic rings. The molecule has 0 aliphatic carbocycles. The molecule has 0 spiro atoms. The quantitative estimate of drug-likeness (QED) is 0.0508. The Morgan fingerprint density at radius 1 is 0.471 bits per heavy atom. The summed E-state index contributed by atoms with van der Waals surface area (Å²) >= 11 is 0. The van der Waals surface area contributed by atoms with Crippen molar-refractivity contribution in [3.63, 3.8) is 0 Å². The molecule has 0 fully saturated rings. The number of unbranched alkanes of at least 4 members (excludes halogenated alkanes) is 3. The molecule has 12 heteroatoms. The molecule has 51 heavy (non-hydrogen) atoms. The van der Waals surface area contributed by atoms with Crippen molar-refractivity contribution in [3.05, 3.63) is 0 Å². The molecular weight excluding hydrogens is 654 g/mol. The number of primary amides is 3.